The van der Waals surface area contributed by atoms with Crippen LogP contribution in [0.4, 0.5) is 4.79 Å². The third kappa shape index (κ3) is 3.73. The molecule has 5 heteroatoms. The quantitative estimate of drug-likeness (QED) is 0.854. The average molecular weight is 341 g/mol. The summed E-state index contributed by atoms with van der Waals surface area (Å²) in [7, 11) is 0. The predicted molar refractivity (Wildman–Crippen MR) is 82.7 cm³/mol. The van der Waals surface area contributed by atoms with E-state index in [1.807, 2.05) is 39.0 Å². The molecule has 1 aromatic rings. The van der Waals surface area contributed by atoms with Crippen molar-refractivity contribution in [2.75, 3.05) is 13.1 Å². The summed E-state index contributed by atoms with van der Waals surface area (Å²) >= 11 is 3.47. The Morgan fingerprint density at radius 1 is 1.40 bits per heavy atom. The highest BCUT2D eigenvalue weighted by Gasteiger charge is 2.35. The second kappa shape index (κ2) is 5.74. The Morgan fingerprint density at radius 2 is 2.10 bits per heavy atom. The highest BCUT2D eigenvalue weighted by molar-refractivity contribution is 9.10. The number of amides is 1. The predicted octanol–water partition coefficient (Wildman–Crippen LogP) is 3.11. The van der Waals surface area contributed by atoms with E-state index in [1.54, 1.807) is 4.90 Å². The van der Waals surface area contributed by atoms with Gasteiger partial charge in [-0.3, -0.25) is 0 Å². The number of carbonyl (C=O) groups is 1. The maximum atomic E-state index is 12.1. The van der Waals surface area contributed by atoms with Crippen LogP contribution in [0.5, 0.6) is 0 Å². The van der Waals surface area contributed by atoms with E-state index in [2.05, 4.69) is 22.0 Å². The lowest BCUT2D eigenvalue weighted by atomic mass is 9.95. The number of rotatable bonds is 1. The van der Waals surface area contributed by atoms with Crippen LogP contribution in [0.15, 0.2) is 28.7 Å². The van der Waals surface area contributed by atoms with Crippen LogP contribution in [0.25, 0.3) is 0 Å². The lowest BCUT2D eigenvalue weighted by Crippen LogP contribution is -2.36. The molecule has 1 aromatic carbocycles. The smallest absolute Gasteiger partial charge is 0.410 e. The molecular formula is C15H21BrN2O2. The number of benzene rings is 1. The van der Waals surface area contributed by atoms with Gasteiger partial charge in [0, 0.05) is 29.5 Å². The van der Waals surface area contributed by atoms with E-state index < -0.39 is 5.60 Å². The molecule has 2 N–H and O–H groups in total. The first-order valence-corrected chi connectivity index (χ1v) is 7.54. The van der Waals surface area contributed by atoms with Gasteiger partial charge in [0.1, 0.15) is 5.60 Å². The SMILES string of the molecule is CC(C)(C)OC(=O)N1C[C@@H](N)[C@H](c2cccc(Br)c2)C1. The topological polar surface area (TPSA) is 55.6 Å². The molecular weight excluding hydrogens is 320 g/mol. The lowest BCUT2D eigenvalue weighted by Gasteiger charge is -2.24. The molecule has 0 radical (unpaired) electrons. The fourth-order valence-corrected chi connectivity index (χ4v) is 2.81. The van der Waals surface area contributed by atoms with Crippen molar-refractivity contribution in [2.24, 2.45) is 5.73 Å². The molecule has 1 fully saturated rings. The first-order valence-electron chi connectivity index (χ1n) is 6.75. The molecule has 0 aliphatic carbocycles. The van der Waals surface area contributed by atoms with Crippen molar-refractivity contribution in [1.82, 2.24) is 4.90 Å². The van der Waals surface area contributed by atoms with Gasteiger partial charge < -0.3 is 15.4 Å². The molecule has 20 heavy (non-hydrogen) atoms. The minimum absolute atomic E-state index is 0.0585. The van der Waals surface area contributed by atoms with Crippen molar-refractivity contribution in [1.29, 1.82) is 0 Å². The van der Waals surface area contributed by atoms with Crippen molar-refractivity contribution in [2.45, 2.75) is 38.3 Å². The molecule has 1 amide bonds. The van der Waals surface area contributed by atoms with Crippen molar-refractivity contribution in [3.05, 3.63) is 34.3 Å². The molecule has 2 rings (SSSR count). The lowest BCUT2D eigenvalue weighted by molar-refractivity contribution is 0.0290. The van der Waals surface area contributed by atoms with Gasteiger partial charge in [0.2, 0.25) is 0 Å². The number of nitrogens with zero attached hydrogens (tertiary/aromatic N) is 1. The molecule has 1 saturated heterocycles. The highest BCUT2D eigenvalue weighted by Crippen LogP contribution is 2.29. The Morgan fingerprint density at radius 3 is 2.70 bits per heavy atom. The number of halogens is 1. The molecule has 0 spiro atoms. The van der Waals surface area contributed by atoms with Crippen LogP contribution in [0, 0.1) is 0 Å². The van der Waals surface area contributed by atoms with Gasteiger partial charge in [-0.2, -0.15) is 0 Å². The van der Waals surface area contributed by atoms with E-state index in [0.717, 1.165) is 10.0 Å². The molecule has 0 aromatic heterocycles. The maximum absolute atomic E-state index is 12.1. The van der Waals surface area contributed by atoms with Gasteiger partial charge in [-0.15, -0.1) is 0 Å². The van der Waals surface area contributed by atoms with Crippen molar-refractivity contribution in [3.8, 4) is 0 Å². The van der Waals surface area contributed by atoms with E-state index in [4.69, 9.17) is 10.5 Å². The van der Waals surface area contributed by atoms with Gasteiger partial charge in [0.25, 0.3) is 0 Å². The normalized spacial score (nSPS) is 22.9. The summed E-state index contributed by atoms with van der Waals surface area (Å²) in [5.41, 5.74) is 6.86. The molecule has 4 nitrogen and oxygen atoms in total. The van der Waals surface area contributed by atoms with Crippen LogP contribution in [0.2, 0.25) is 0 Å². The second-order valence-electron chi connectivity index (χ2n) is 6.21. The van der Waals surface area contributed by atoms with Gasteiger partial charge in [-0.25, -0.2) is 4.79 Å². The number of likely N-dealkylation sites (tertiary alicyclic amines) is 1. The number of nitrogens with two attached hydrogens (primary N) is 1. The van der Waals surface area contributed by atoms with Crippen LogP contribution in [0.3, 0.4) is 0 Å². The third-order valence-corrected chi connectivity index (χ3v) is 3.79. The zero-order valence-electron chi connectivity index (χ0n) is 12.1. The van der Waals surface area contributed by atoms with Gasteiger partial charge in [0.15, 0.2) is 0 Å². The fourth-order valence-electron chi connectivity index (χ4n) is 2.39. The average Bonchev–Trinajstić information content (AvgIpc) is 2.69. The summed E-state index contributed by atoms with van der Waals surface area (Å²) in [6.07, 6.45) is -0.287. The zero-order chi connectivity index (χ0) is 14.9. The van der Waals surface area contributed by atoms with Gasteiger partial charge in [-0.1, -0.05) is 28.1 Å². The molecule has 0 unspecified atom stereocenters. The van der Waals surface area contributed by atoms with E-state index in [-0.39, 0.29) is 18.1 Å². The number of ether oxygens (including phenoxy) is 1. The van der Waals surface area contributed by atoms with E-state index in [0.29, 0.717) is 13.1 Å². The Labute approximate surface area is 128 Å². The summed E-state index contributed by atoms with van der Waals surface area (Å²) in [4.78, 5) is 13.8. The van der Waals surface area contributed by atoms with Crippen LogP contribution < -0.4 is 5.73 Å². The zero-order valence-corrected chi connectivity index (χ0v) is 13.7. The van der Waals surface area contributed by atoms with E-state index >= 15 is 0 Å². The van der Waals surface area contributed by atoms with E-state index in [9.17, 15) is 4.79 Å². The van der Waals surface area contributed by atoms with Gasteiger partial charge >= 0.3 is 6.09 Å². The first-order chi connectivity index (χ1) is 9.26. The molecule has 1 aliphatic heterocycles. The molecule has 2 atom stereocenters. The fraction of sp³-hybridized carbons (Fsp3) is 0.533. The molecule has 110 valence electrons. The van der Waals surface area contributed by atoms with Gasteiger partial charge in [-0.05, 0) is 38.5 Å². The summed E-state index contributed by atoms with van der Waals surface area (Å²) < 4.78 is 6.43. The summed E-state index contributed by atoms with van der Waals surface area (Å²) in [5, 5.41) is 0. The van der Waals surface area contributed by atoms with E-state index in [1.165, 1.54) is 0 Å². The van der Waals surface area contributed by atoms with Crippen LogP contribution >= 0.6 is 15.9 Å². The monoisotopic (exact) mass is 340 g/mol. The van der Waals surface area contributed by atoms with Crippen molar-refractivity contribution >= 4 is 22.0 Å². The number of carbonyl (C=O) groups excluding carboxylic acids is 1. The molecule has 1 aliphatic rings. The maximum Gasteiger partial charge on any atom is 0.410 e. The minimum atomic E-state index is -0.477. The van der Waals surface area contributed by atoms with Crippen LogP contribution in [0.1, 0.15) is 32.3 Å². The summed E-state index contributed by atoms with van der Waals surface area (Å²) in [6, 6.07) is 8.02. The summed E-state index contributed by atoms with van der Waals surface area (Å²) in [5.74, 6) is 0.153. The minimum Gasteiger partial charge on any atom is -0.444 e. The van der Waals surface area contributed by atoms with Crippen molar-refractivity contribution < 1.29 is 9.53 Å². The van der Waals surface area contributed by atoms with Crippen molar-refractivity contribution in [3.63, 3.8) is 0 Å². The Bertz CT molecular complexity index is 499. The first kappa shape index (κ1) is 15.3. The van der Waals surface area contributed by atoms with Gasteiger partial charge in [0.05, 0.1) is 0 Å². The standard InChI is InChI=1S/C15H21BrN2O2/c1-15(2,3)20-14(19)18-8-12(13(17)9-18)10-5-4-6-11(16)7-10/h4-7,12-13H,8-9,17H2,1-3H3/t12-,13+/m0/s1. The van der Waals surface area contributed by atoms with Crippen LogP contribution in [-0.4, -0.2) is 35.7 Å². The molecule has 1 heterocycles. The summed E-state index contributed by atoms with van der Waals surface area (Å²) in [6.45, 7) is 6.74. The Kier molecular flexibility index (Phi) is 4.39. The largest absolute Gasteiger partial charge is 0.444 e. The number of hydrogen-bond donors (Lipinski definition) is 1. The second-order valence-corrected chi connectivity index (χ2v) is 7.13. The molecule has 0 saturated carbocycles. The number of hydrogen-bond acceptors (Lipinski definition) is 3. The third-order valence-electron chi connectivity index (χ3n) is 3.29. The Balaban J connectivity index is 2.07. The highest BCUT2D eigenvalue weighted by atomic mass is 79.9. The molecule has 0 bridgehead atoms. The van der Waals surface area contributed by atoms with Crippen LogP contribution in [-0.2, 0) is 4.74 Å². The Hall–Kier alpha value is -1.07.